The Morgan fingerprint density at radius 3 is 2.36 bits per heavy atom. The molecule has 0 spiro atoms. The molecule has 1 atom stereocenters. The molecule has 1 saturated heterocycles. The van der Waals surface area contributed by atoms with Gasteiger partial charge in [-0.05, 0) is 63.5 Å². The van der Waals surface area contributed by atoms with Gasteiger partial charge in [0.15, 0.2) is 5.78 Å². The van der Waals surface area contributed by atoms with Gasteiger partial charge in [-0.15, -0.1) is 0 Å². The number of nitrogens with zero attached hydrogens (tertiary/aromatic N) is 1. The third kappa shape index (κ3) is 4.49. The summed E-state index contributed by atoms with van der Waals surface area (Å²) >= 11 is 0. The quantitative estimate of drug-likeness (QED) is 0.698. The summed E-state index contributed by atoms with van der Waals surface area (Å²) in [4.78, 5) is 15.0. The third-order valence-electron chi connectivity index (χ3n) is 4.88. The second-order valence-electron chi connectivity index (χ2n) is 6.86. The van der Waals surface area contributed by atoms with Gasteiger partial charge in [0.05, 0.1) is 0 Å². The highest BCUT2D eigenvalue weighted by Gasteiger charge is 2.24. The van der Waals surface area contributed by atoms with Crippen LogP contribution in [0.5, 0.6) is 5.75 Å². The summed E-state index contributed by atoms with van der Waals surface area (Å²) in [5.41, 5.74) is 2.58. The SMILES string of the molecule is CCCN1CCCC1COc1ccc(C(=O)c2ccc(C)cc2)cc1. The zero-order chi connectivity index (χ0) is 17.6. The van der Waals surface area contributed by atoms with E-state index in [-0.39, 0.29) is 5.78 Å². The number of likely N-dealkylation sites (tertiary alicyclic amines) is 1. The number of ether oxygens (including phenoxy) is 1. The molecular weight excluding hydrogens is 310 g/mol. The van der Waals surface area contributed by atoms with E-state index in [1.54, 1.807) is 0 Å². The fourth-order valence-corrected chi connectivity index (χ4v) is 3.43. The summed E-state index contributed by atoms with van der Waals surface area (Å²) in [5.74, 6) is 0.889. The van der Waals surface area contributed by atoms with Gasteiger partial charge in [-0.25, -0.2) is 0 Å². The lowest BCUT2D eigenvalue weighted by atomic mass is 10.0. The molecule has 3 nitrogen and oxygen atoms in total. The average molecular weight is 337 g/mol. The zero-order valence-electron chi connectivity index (χ0n) is 15.2. The highest BCUT2D eigenvalue weighted by atomic mass is 16.5. The van der Waals surface area contributed by atoms with Crippen LogP contribution < -0.4 is 4.74 Å². The van der Waals surface area contributed by atoms with Crippen molar-refractivity contribution < 1.29 is 9.53 Å². The molecule has 1 unspecified atom stereocenters. The lowest BCUT2D eigenvalue weighted by molar-refractivity contribution is 0.103. The molecule has 0 aromatic heterocycles. The van der Waals surface area contributed by atoms with Crippen LogP contribution in [0.1, 0.15) is 47.7 Å². The van der Waals surface area contributed by atoms with Crippen LogP contribution in [0.4, 0.5) is 0 Å². The van der Waals surface area contributed by atoms with Crippen molar-refractivity contribution in [3.05, 3.63) is 65.2 Å². The van der Waals surface area contributed by atoms with Crippen LogP contribution >= 0.6 is 0 Å². The van der Waals surface area contributed by atoms with Crippen LogP contribution in [-0.2, 0) is 0 Å². The molecule has 1 aliphatic heterocycles. The topological polar surface area (TPSA) is 29.5 Å². The maximum Gasteiger partial charge on any atom is 0.193 e. The van der Waals surface area contributed by atoms with Gasteiger partial charge in [0, 0.05) is 17.2 Å². The number of ketones is 1. The lowest BCUT2D eigenvalue weighted by Crippen LogP contribution is -2.34. The smallest absolute Gasteiger partial charge is 0.193 e. The van der Waals surface area contributed by atoms with Crippen molar-refractivity contribution in [3.63, 3.8) is 0 Å². The molecule has 0 saturated carbocycles. The number of aryl methyl sites for hydroxylation is 1. The van der Waals surface area contributed by atoms with Gasteiger partial charge >= 0.3 is 0 Å². The Morgan fingerprint density at radius 1 is 1.08 bits per heavy atom. The molecule has 0 amide bonds. The molecule has 0 bridgehead atoms. The van der Waals surface area contributed by atoms with Crippen molar-refractivity contribution in [1.82, 2.24) is 4.90 Å². The largest absolute Gasteiger partial charge is 0.492 e. The van der Waals surface area contributed by atoms with Crippen molar-refractivity contribution >= 4 is 5.78 Å². The standard InChI is InChI=1S/C22H27NO2/c1-3-14-23-15-4-5-20(23)16-25-21-12-10-19(11-13-21)22(24)18-8-6-17(2)7-9-18/h6-13,20H,3-5,14-16H2,1-2H3. The summed E-state index contributed by atoms with van der Waals surface area (Å²) < 4.78 is 5.97. The number of hydrogen-bond donors (Lipinski definition) is 0. The van der Waals surface area contributed by atoms with Gasteiger partial charge in [0.1, 0.15) is 12.4 Å². The van der Waals surface area contributed by atoms with Crippen molar-refractivity contribution in [3.8, 4) is 5.75 Å². The second-order valence-corrected chi connectivity index (χ2v) is 6.86. The first kappa shape index (κ1) is 17.7. The summed E-state index contributed by atoms with van der Waals surface area (Å²) in [6.07, 6.45) is 3.66. The Morgan fingerprint density at radius 2 is 1.72 bits per heavy atom. The molecular formula is C22H27NO2. The first-order valence-electron chi connectivity index (χ1n) is 9.25. The van der Waals surface area contributed by atoms with Crippen molar-refractivity contribution in [2.24, 2.45) is 0 Å². The lowest BCUT2D eigenvalue weighted by Gasteiger charge is -2.23. The molecule has 0 radical (unpaired) electrons. The van der Waals surface area contributed by atoms with Crippen molar-refractivity contribution in [2.75, 3.05) is 19.7 Å². The van der Waals surface area contributed by atoms with Gasteiger partial charge in [0.2, 0.25) is 0 Å². The van der Waals surface area contributed by atoms with Crippen molar-refractivity contribution in [1.29, 1.82) is 0 Å². The van der Waals surface area contributed by atoms with E-state index in [4.69, 9.17) is 4.74 Å². The number of carbonyl (C=O) groups is 1. The molecule has 1 heterocycles. The Kier molecular flexibility index (Phi) is 5.87. The molecule has 25 heavy (non-hydrogen) atoms. The molecule has 1 fully saturated rings. The third-order valence-corrected chi connectivity index (χ3v) is 4.88. The maximum atomic E-state index is 12.5. The van der Waals surface area contributed by atoms with Gasteiger partial charge < -0.3 is 4.74 Å². The summed E-state index contributed by atoms with van der Waals surface area (Å²) in [6.45, 7) is 7.31. The molecule has 3 rings (SSSR count). The maximum absolute atomic E-state index is 12.5. The Hall–Kier alpha value is -2.13. The molecule has 0 N–H and O–H groups in total. The van der Waals surface area contributed by atoms with Crippen LogP contribution in [0.3, 0.4) is 0 Å². The normalized spacial score (nSPS) is 17.6. The zero-order valence-corrected chi connectivity index (χ0v) is 15.2. The van der Waals surface area contributed by atoms with Crippen molar-refractivity contribution in [2.45, 2.75) is 39.2 Å². The first-order valence-corrected chi connectivity index (χ1v) is 9.25. The first-order chi connectivity index (χ1) is 12.2. The van der Waals surface area contributed by atoms with E-state index in [2.05, 4.69) is 11.8 Å². The molecule has 132 valence electrons. The number of hydrogen-bond acceptors (Lipinski definition) is 3. The molecule has 1 aliphatic rings. The Bertz CT molecular complexity index is 691. The predicted molar refractivity (Wildman–Crippen MR) is 101 cm³/mol. The van der Waals surface area contributed by atoms with Crippen LogP contribution in [0.25, 0.3) is 0 Å². The van der Waals surface area contributed by atoms with E-state index in [0.29, 0.717) is 11.6 Å². The minimum Gasteiger partial charge on any atom is -0.492 e. The summed E-state index contributed by atoms with van der Waals surface area (Å²) in [7, 11) is 0. The molecule has 0 aliphatic carbocycles. The molecule has 3 heteroatoms. The number of rotatable bonds is 7. The Labute approximate surface area is 150 Å². The highest BCUT2D eigenvalue weighted by molar-refractivity contribution is 6.09. The minimum atomic E-state index is 0.0523. The summed E-state index contributed by atoms with van der Waals surface area (Å²) in [6, 6.07) is 15.7. The van der Waals surface area contributed by atoms with E-state index < -0.39 is 0 Å². The van der Waals surface area contributed by atoms with E-state index in [0.717, 1.165) is 30.0 Å². The van der Waals surface area contributed by atoms with Gasteiger partial charge in [-0.1, -0.05) is 36.8 Å². The second kappa shape index (κ2) is 8.30. The monoisotopic (exact) mass is 337 g/mol. The van der Waals surface area contributed by atoms with E-state index in [1.165, 1.54) is 25.8 Å². The highest BCUT2D eigenvalue weighted by Crippen LogP contribution is 2.20. The number of carbonyl (C=O) groups excluding carboxylic acids is 1. The minimum absolute atomic E-state index is 0.0523. The van der Waals surface area contributed by atoms with Crippen LogP contribution in [0.2, 0.25) is 0 Å². The van der Waals surface area contributed by atoms with Gasteiger partial charge in [-0.3, -0.25) is 9.69 Å². The van der Waals surface area contributed by atoms with Gasteiger partial charge in [0.25, 0.3) is 0 Å². The predicted octanol–water partition coefficient (Wildman–Crippen LogP) is 4.48. The average Bonchev–Trinajstić information content (AvgIpc) is 3.08. The van der Waals surface area contributed by atoms with Gasteiger partial charge in [-0.2, -0.15) is 0 Å². The van der Waals surface area contributed by atoms with E-state index >= 15 is 0 Å². The number of benzene rings is 2. The summed E-state index contributed by atoms with van der Waals surface area (Å²) in [5, 5.41) is 0. The van der Waals surface area contributed by atoms with Crippen LogP contribution in [0, 0.1) is 6.92 Å². The Balaban J connectivity index is 1.58. The van der Waals surface area contributed by atoms with E-state index in [9.17, 15) is 4.79 Å². The molecule has 2 aromatic rings. The molecule has 2 aromatic carbocycles. The van der Waals surface area contributed by atoms with Crippen LogP contribution in [-0.4, -0.2) is 36.4 Å². The van der Waals surface area contributed by atoms with E-state index in [1.807, 2.05) is 55.5 Å². The fourth-order valence-electron chi connectivity index (χ4n) is 3.43. The van der Waals surface area contributed by atoms with Crippen LogP contribution in [0.15, 0.2) is 48.5 Å². The fraction of sp³-hybridized carbons (Fsp3) is 0.409.